The normalized spacial score (nSPS) is 13.7. The predicted octanol–water partition coefficient (Wildman–Crippen LogP) is 4.30. The number of rotatable bonds is 7. The Morgan fingerprint density at radius 3 is 2.54 bits per heavy atom. The fourth-order valence-corrected chi connectivity index (χ4v) is 3.12. The van der Waals surface area contributed by atoms with Gasteiger partial charge in [0.2, 0.25) is 0 Å². The maximum absolute atomic E-state index is 12.4. The molecule has 26 heavy (non-hydrogen) atoms. The minimum atomic E-state index is -0.154. The van der Waals surface area contributed by atoms with Gasteiger partial charge in [-0.15, -0.1) is 0 Å². The van der Waals surface area contributed by atoms with E-state index in [0.717, 1.165) is 37.4 Å². The van der Waals surface area contributed by atoms with Gasteiger partial charge < -0.3 is 20.7 Å². The highest BCUT2D eigenvalue weighted by Crippen LogP contribution is 2.29. The van der Waals surface area contributed by atoms with Crippen molar-refractivity contribution in [2.75, 3.05) is 35.6 Å². The Morgan fingerprint density at radius 1 is 1.15 bits per heavy atom. The Bertz CT molecular complexity index is 737. The number of carbonyl (C=O) groups excluding carboxylic acids is 1. The van der Waals surface area contributed by atoms with Crippen molar-refractivity contribution >= 4 is 23.0 Å². The summed E-state index contributed by atoms with van der Waals surface area (Å²) in [6, 6.07) is 12.9. The van der Waals surface area contributed by atoms with Crippen molar-refractivity contribution in [3.8, 4) is 5.75 Å². The molecule has 2 aromatic rings. The molecule has 0 aromatic heterocycles. The van der Waals surface area contributed by atoms with Gasteiger partial charge in [0.05, 0.1) is 18.0 Å². The molecule has 0 bridgehead atoms. The maximum atomic E-state index is 12.4. The average Bonchev–Trinajstić information content (AvgIpc) is 3.17. The molecule has 1 aliphatic heterocycles. The first-order chi connectivity index (χ1) is 12.7. The molecule has 0 radical (unpaired) electrons. The molecule has 1 heterocycles. The summed E-state index contributed by atoms with van der Waals surface area (Å²) in [6.45, 7) is 4.91. The fourth-order valence-electron chi connectivity index (χ4n) is 3.12. The van der Waals surface area contributed by atoms with E-state index in [1.54, 1.807) is 12.1 Å². The minimum absolute atomic E-state index is 0.154. The summed E-state index contributed by atoms with van der Waals surface area (Å²) in [5.41, 5.74) is 9.23. The van der Waals surface area contributed by atoms with Crippen molar-refractivity contribution in [1.82, 2.24) is 0 Å². The zero-order valence-electron chi connectivity index (χ0n) is 15.3. The van der Waals surface area contributed by atoms with Crippen molar-refractivity contribution < 1.29 is 9.53 Å². The molecule has 0 atom stereocenters. The van der Waals surface area contributed by atoms with Crippen molar-refractivity contribution in [3.05, 3.63) is 48.0 Å². The van der Waals surface area contributed by atoms with Crippen molar-refractivity contribution in [2.45, 2.75) is 32.6 Å². The van der Waals surface area contributed by atoms with E-state index in [1.165, 1.54) is 12.8 Å². The monoisotopic (exact) mass is 353 g/mol. The quantitative estimate of drug-likeness (QED) is 0.575. The molecule has 138 valence electrons. The summed E-state index contributed by atoms with van der Waals surface area (Å²) in [6.07, 6.45) is 4.53. The average molecular weight is 353 g/mol. The van der Waals surface area contributed by atoms with Crippen LogP contribution in [0.3, 0.4) is 0 Å². The number of nitrogens with one attached hydrogen (secondary N) is 1. The first kappa shape index (κ1) is 18.1. The second-order valence-corrected chi connectivity index (χ2v) is 6.65. The van der Waals surface area contributed by atoms with Crippen LogP contribution in [-0.2, 0) is 0 Å². The lowest BCUT2D eigenvalue weighted by atomic mass is 10.2. The van der Waals surface area contributed by atoms with Gasteiger partial charge in [-0.2, -0.15) is 0 Å². The second kappa shape index (κ2) is 8.61. The van der Waals surface area contributed by atoms with E-state index in [-0.39, 0.29) is 5.91 Å². The summed E-state index contributed by atoms with van der Waals surface area (Å²) in [7, 11) is 0. The maximum Gasteiger partial charge on any atom is 0.255 e. The molecular weight excluding hydrogens is 326 g/mol. The number of hydrogen-bond donors (Lipinski definition) is 2. The van der Waals surface area contributed by atoms with Crippen LogP contribution < -0.4 is 20.7 Å². The molecule has 2 aromatic carbocycles. The van der Waals surface area contributed by atoms with Gasteiger partial charge in [0.1, 0.15) is 5.75 Å². The molecule has 0 aliphatic carbocycles. The number of ether oxygens (including phenoxy) is 1. The lowest BCUT2D eigenvalue weighted by Gasteiger charge is -2.20. The molecule has 5 heteroatoms. The molecule has 0 spiro atoms. The number of nitrogen functional groups attached to an aromatic ring is 1. The van der Waals surface area contributed by atoms with Crippen molar-refractivity contribution in [1.29, 1.82) is 0 Å². The molecule has 3 N–H and O–H groups in total. The van der Waals surface area contributed by atoms with Crippen LogP contribution in [0.4, 0.5) is 17.1 Å². The summed E-state index contributed by atoms with van der Waals surface area (Å²) >= 11 is 0. The van der Waals surface area contributed by atoms with Gasteiger partial charge in [0.25, 0.3) is 5.91 Å². The molecule has 0 unspecified atom stereocenters. The SMILES string of the molecule is CCCCOc1ccc(C(=O)Nc2ccc(N3CCCC3)c(N)c2)cc1. The topological polar surface area (TPSA) is 67.6 Å². The number of unbranched alkanes of at least 4 members (excludes halogenated alkanes) is 1. The highest BCUT2D eigenvalue weighted by Gasteiger charge is 2.15. The second-order valence-electron chi connectivity index (χ2n) is 6.65. The van der Waals surface area contributed by atoms with Crippen LogP contribution in [0.25, 0.3) is 0 Å². The minimum Gasteiger partial charge on any atom is -0.494 e. The number of benzene rings is 2. The Morgan fingerprint density at radius 2 is 1.88 bits per heavy atom. The van der Waals surface area contributed by atoms with Gasteiger partial charge in [-0.05, 0) is 61.7 Å². The Hall–Kier alpha value is -2.69. The van der Waals surface area contributed by atoms with Crippen LogP contribution in [0.2, 0.25) is 0 Å². The number of nitrogens with zero attached hydrogens (tertiary/aromatic N) is 1. The van der Waals surface area contributed by atoms with Gasteiger partial charge >= 0.3 is 0 Å². The van der Waals surface area contributed by atoms with Crippen LogP contribution in [-0.4, -0.2) is 25.6 Å². The van der Waals surface area contributed by atoms with Crippen LogP contribution in [0, 0.1) is 0 Å². The standard InChI is InChI=1S/C21H27N3O2/c1-2-3-14-26-18-9-6-16(7-10-18)21(25)23-17-8-11-20(19(22)15-17)24-12-4-5-13-24/h6-11,15H,2-5,12-14,22H2,1H3,(H,23,25). The zero-order chi connectivity index (χ0) is 18.4. The Kier molecular flexibility index (Phi) is 6.00. The Labute approximate surface area is 155 Å². The molecule has 3 rings (SSSR count). The van der Waals surface area contributed by atoms with E-state index < -0.39 is 0 Å². The van der Waals surface area contributed by atoms with Gasteiger partial charge in [0, 0.05) is 24.3 Å². The molecule has 1 amide bonds. The molecule has 1 aliphatic rings. The third-order valence-electron chi connectivity index (χ3n) is 4.62. The summed E-state index contributed by atoms with van der Waals surface area (Å²) < 4.78 is 5.62. The largest absolute Gasteiger partial charge is 0.494 e. The molecule has 0 saturated carbocycles. The first-order valence-corrected chi connectivity index (χ1v) is 9.36. The van der Waals surface area contributed by atoms with Crippen LogP contribution >= 0.6 is 0 Å². The number of carbonyl (C=O) groups is 1. The summed E-state index contributed by atoms with van der Waals surface area (Å²) in [4.78, 5) is 14.7. The van der Waals surface area contributed by atoms with Gasteiger partial charge in [-0.1, -0.05) is 13.3 Å². The molecule has 1 fully saturated rings. The zero-order valence-corrected chi connectivity index (χ0v) is 15.3. The number of amides is 1. The smallest absolute Gasteiger partial charge is 0.255 e. The first-order valence-electron chi connectivity index (χ1n) is 9.36. The number of hydrogen-bond acceptors (Lipinski definition) is 4. The predicted molar refractivity (Wildman–Crippen MR) is 107 cm³/mol. The van der Waals surface area contributed by atoms with E-state index in [1.807, 2.05) is 30.3 Å². The van der Waals surface area contributed by atoms with Crippen LogP contribution in [0.5, 0.6) is 5.75 Å². The van der Waals surface area contributed by atoms with Crippen molar-refractivity contribution in [3.63, 3.8) is 0 Å². The van der Waals surface area contributed by atoms with Crippen LogP contribution in [0.15, 0.2) is 42.5 Å². The van der Waals surface area contributed by atoms with E-state index in [4.69, 9.17) is 10.5 Å². The Balaban J connectivity index is 1.61. The van der Waals surface area contributed by atoms with E-state index in [2.05, 4.69) is 17.1 Å². The molecular formula is C21H27N3O2. The van der Waals surface area contributed by atoms with Gasteiger partial charge in [-0.3, -0.25) is 4.79 Å². The molecule has 1 saturated heterocycles. The van der Waals surface area contributed by atoms with Crippen LogP contribution in [0.1, 0.15) is 43.0 Å². The lowest BCUT2D eigenvalue weighted by molar-refractivity contribution is 0.102. The number of nitrogens with two attached hydrogens (primary N) is 1. The third kappa shape index (κ3) is 4.48. The molecule has 5 nitrogen and oxygen atoms in total. The van der Waals surface area contributed by atoms with E-state index in [0.29, 0.717) is 23.5 Å². The highest BCUT2D eigenvalue weighted by atomic mass is 16.5. The lowest BCUT2D eigenvalue weighted by Crippen LogP contribution is -2.19. The number of anilines is 3. The third-order valence-corrected chi connectivity index (χ3v) is 4.62. The summed E-state index contributed by atoms with van der Waals surface area (Å²) in [5.74, 6) is 0.632. The van der Waals surface area contributed by atoms with Gasteiger partial charge in [0.15, 0.2) is 0 Å². The van der Waals surface area contributed by atoms with E-state index in [9.17, 15) is 4.79 Å². The summed E-state index contributed by atoms with van der Waals surface area (Å²) in [5, 5.41) is 2.91. The highest BCUT2D eigenvalue weighted by molar-refractivity contribution is 6.04. The van der Waals surface area contributed by atoms with E-state index >= 15 is 0 Å². The fraction of sp³-hybridized carbons (Fsp3) is 0.381. The van der Waals surface area contributed by atoms with Gasteiger partial charge in [-0.25, -0.2) is 0 Å². The van der Waals surface area contributed by atoms with Crippen molar-refractivity contribution in [2.24, 2.45) is 0 Å².